The van der Waals surface area contributed by atoms with Gasteiger partial charge in [0.25, 0.3) is 0 Å². The van der Waals surface area contributed by atoms with Gasteiger partial charge in [0.05, 0.1) is 56.1 Å². The maximum absolute atomic E-state index is 14.0. The first kappa shape index (κ1) is 33.1. The number of ether oxygens (including phenoxy) is 2. The number of hydrogen-bond donors (Lipinski definition) is 2. The third-order valence-electron chi connectivity index (χ3n) is 9.88. The van der Waals surface area contributed by atoms with Gasteiger partial charge in [0, 0.05) is 69.9 Å². The first-order chi connectivity index (χ1) is 23.9. The SMILES string of the molecule is C=CC(=O)Nc1cc(Nc2cc(N3OCCC3c3cc(F)cc(F)c3)ncn2)c(OC)cc1N1CCC(N2CCN(C3COC3)CC2)CC1. The van der Waals surface area contributed by atoms with E-state index in [1.165, 1.54) is 24.5 Å². The number of hydroxylamine groups is 1. The van der Waals surface area contributed by atoms with Crippen molar-refractivity contribution in [2.45, 2.75) is 37.4 Å². The van der Waals surface area contributed by atoms with Crippen LogP contribution >= 0.6 is 0 Å². The Bertz CT molecular complexity index is 1640. The van der Waals surface area contributed by atoms with E-state index in [1.54, 1.807) is 18.2 Å². The van der Waals surface area contributed by atoms with Gasteiger partial charge in [-0.05, 0) is 42.7 Å². The predicted molar refractivity (Wildman–Crippen MR) is 182 cm³/mol. The molecule has 0 radical (unpaired) electrons. The van der Waals surface area contributed by atoms with Gasteiger partial charge in [-0.25, -0.2) is 23.8 Å². The number of aromatic nitrogens is 2. The van der Waals surface area contributed by atoms with Crippen LogP contribution in [0, 0.1) is 11.6 Å². The van der Waals surface area contributed by atoms with Crippen LogP contribution < -0.4 is 25.3 Å². The lowest BCUT2D eigenvalue weighted by Gasteiger charge is -2.46. The molecular weight excluding hydrogens is 634 g/mol. The van der Waals surface area contributed by atoms with E-state index in [9.17, 15) is 13.6 Å². The Morgan fingerprint density at radius 3 is 2.29 bits per heavy atom. The number of nitrogens with zero attached hydrogens (tertiary/aromatic N) is 6. The summed E-state index contributed by atoms with van der Waals surface area (Å²) >= 11 is 0. The Balaban J connectivity index is 1.07. The second-order valence-corrected chi connectivity index (χ2v) is 12.8. The third kappa shape index (κ3) is 7.32. The largest absolute Gasteiger partial charge is 0.494 e. The van der Waals surface area contributed by atoms with E-state index >= 15 is 0 Å². The number of rotatable bonds is 10. The van der Waals surface area contributed by atoms with Gasteiger partial charge < -0.3 is 25.0 Å². The Hall–Kier alpha value is -4.37. The molecule has 14 heteroatoms. The second kappa shape index (κ2) is 14.6. The van der Waals surface area contributed by atoms with Crippen molar-refractivity contribution in [1.29, 1.82) is 0 Å². The van der Waals surface area contributed by atoms with Crippen LogP contribution in [0.15, 0.2) is 55.4 Å². The smallest absolute Gasteiger partial charge is 0.247 e. The highest BCUT2D eigenvalue weighted by Crippen LogP contribution is 2.41. The number of halogens is 2. The molecule has 0 bridgehead atoms. The Labute approximate surface area is 284 Å². The quantitative estimate of drug-likeness (QED) is 0.297. The zero-order valence-corrected chi connectivity index (χ0v) is 27.6. The number of anilines is 5. The van der Waals surface area contributed by atoms with Crippen LogP contribution in [0.5, 0.6) is 5.75 Å². The first-order valence-electron chi connectivity index (χ1n) is 16.8. The van der Waals surface area contributed by atoms with E-state index < -0.39 is 17.7 Å². The molecule has 260 valence electrons. The van der Waals surface area contributed by atoms with Gasteiger partial charge in [0.1, 0.15) is 29.5 Å². The zero-order chi connectivity index (χ0) is 33.9. The summed E-state index contributed by atoms with van der Waals surface area (Å²) in [5.74, 6) is -0.211. The number of piperidine rings is 1. The van der Waals surface area contributed by atoms with Crippen molar-refractivity contribution >= 4 is 34.6 Å². The third-order valence-corrected chi connectivity index (χ3v) is 9.88. The van der Waals surface area contributed by atoms with E-state index in [2.05, 4.69) is 41.9 Å². The van der Waals surface area contributed by atoms with Crippen molar-refractivity contribution in [2.24, 2.45) is 0 Å². The van der Waals surface area contributed by atoms with Gasteiger partial charge in [-0.3, -0.25) is 19.4 Å². The number of carbonyl (C=O) groups excluding carboxylic acids is 1. The fraction of sp³-hybridized carbons (Fsp3) is 0.457. The summed E-state index contributed by atoms with van der Waals surface area (Å²) in [6.07, 6.45) is 5.21. The molecule has 1 unspecified atom stereocenters. The van der Waals surface area contributed by atoms with Crippen LogP contribution in [0.25, 0.3) is 0 Å². The topological polar surface area (TPSA) is 108 Å². The second-order valence-electron chi connectivity index (χ2n) is 12.8. The van der Waals surface area contributed by atoms with E-state index in [-0.39, 0.29) is 5.91 Å². The molecule has 4 saturated heterocycles. The van der Waals surface area contributed by atoms with Gasteiger partial charge in [0.15, 0.2) is 5.82 Å². The van der Waals surface area contributed by atoms with Crippen LogP contribution in [0.2, 0.25) is 0 Å². The molecule has 1 amide bonds. The maximum atomic E-state index is 14.0. The number of carbonyl (C=O) groups is 1. The molecule has 0 saturated carbocycles. The lowest BCUT2D eigenvalue weighted by molar-refractivity contribution is -0.111. The summed E-state index contributed by atoms with van der Waals surface area (Å²) in [5.41, 5.74) is 2.51. The summed E-state index contributed by atoms with van der Waals surface area (Å²) in [4.78, 5) is 34.7. The van der Waals surface area contributed by atoms with E-state index in [0.717, 1.165) is 77.1 Å². The molecule has 0 aliphatic carbocycles. The van der Waals surface area contributed by atoms with Gasteiger partial charge >= 0.3 is 0 Å². The Morgan fingerprint density at radius 1 is 0.918 bits per heavy atom. The minimum absolute atomic E-state index is 0.322. The number of benzene rings is 2. The van der Waals surface area contributed by atoms with Crippen molar-refractivity contribution in [3.8, 4) is 5.75 Å². The number of hydrogen-bond acceptors (Lipinski definition) is 11. The van der Waals surface area contributed by atoms with Gasteiger partial charge in [0.2, 0.25) is 5.91 Å². The molecule has 1 aromatic heterocycles. The molecule has 2 aromatic carbocycles. The van der Waals surface area contributed by atoms with Crippen LogP contribution in [0.4, 0.5) is 37.5 Å². The summed E-state index contributed by atoms with van der Waals surface area (Å²) in [7, 11) is 1.60. The highest BCUT2D eigenvalue weighted by molar-refractivity contribution is 6.02. The van der Waals surface area contributed by atoms with E-state index in [1.807, 2.05) is 12.1 Å². The van der Waals surface area contributed by atoms with Crippen molar-refractivity contribution < 1.29 is 27.9 Å². The van der Waals surface area contributed by atoms with Gasteiger partial charge in [-0.2, -0.15) is 0 Å². The molecule has 1 atom stereocenters. The fourth-order valence-corrected chi connectivity index (χ4v) is 7.19. The standard InChI is InChI=1S/C35H42F2N8O4/c1-3-35(46)41-28-17-29(40-33-19-34(39-22-38-33)45-30(6-13-49-45)23-14-24(36)16-25(37)15-23)32(47-2)18-31(28)44-7-4-26(5-8-44)42-9-11-43(12-10-42)27-20-48-21-27/h3,14-19,22,26-27,30H,1,4-13,20-21H2,2H3,(H,41,46)(H,38,39,40). The average molecular weight is 677 g/mol. The summed E-state index contributed by atoms with van der Waals surface area (Å²) in [5, 5.41) is 7.83. The lowest BCUT2D eigenvalue weighted by Crippen LogP contribution is -2.59. The van der Waals surface area contributed by atoms with E-state index in [0.29, 0.717) is 59.4 Å². The number of nitrogens with one attached hydrogen (secondary N) is 2. The minimum atomic E-state index is -0.653. The maximum Gasteiger partial charge on any atom is 0.247 e. The molecule has 4 aliphatic rings. The molecular formula is C35H42F2N8O4. The molecule has 5 heterocycles. The monoisotopic (exact) mass is 676 g/mol. The van der Waals surface area contributed by atoms with Crippen molar-refractivity contribution in [1.82, 2.24) is 19.8 Å². The molecule has 49 heavy (non-hydrogen) atoms. The molecule has 4 fully saturated rings. The minimum Gasteiger partial charge on any atom is -0.494 e. The zero-order valence-electron chi connectivity index (χ0n) is 27.6. The molecule has 3 aromatic rings. The van der Waals surface area contributed by atoms with Crippen LogP contribution in [-0.4, -0.2) is 104 Å². The molecule has 7 rings (SSSR count). The van der Waals surface area contributed by atoms with Crippen molar-refractivity contribution in [3.05, 3.63) is 72.6 Å². The van der Waals surface area contributed by atoms with Gasteiger partial charge in [-0.1, -0.05) is 6.58 Å². The van der Waals surface area contributed by atoms with Crippen LogP contribution in [0.3, 0.4) is 0 Å². The summed E-state index contributed by atoms with van der Waals surface area (Å²) in [6.45, 7) is 11.7. The summed E-state index contributed by atoms with van der Waals surface area (Å²) in [6, 6.07) is 9.58. The average Bonchev–Trinajstić information content (AvgIpc) is 3.58. The van der Waals surface area contributed by atoms with Crippen LogP contribution in [-0.2, 0) is 14.4 Å². The fourth-order valence-electron chi connectivity index (χ4n) is 7.19. The van der Waals surface area contributed by atoms with Gasteiger partial charge in [-0.15, -0.1) is 0 Å². The highest BCUT2D eigenvalue weighted by Gasteiger charge is 2.33. The van der Waals surface area contributed by atoms with E-state index in [4.69, 9.17) is 14.3 Å². The van der Waals surface area contributed by atoms with Crippen molar-refractivity contribution in [2.75, 3.05) is 86.8 Å². The van der Waals surface area contributed by atoms with Crippen molar-refractivity contribution in [3.63, 3.8) is 0 Å². The number of methoxy groups -OCH3 is 1. The Morgan fingerprint density at radius 2 is 1.63 bits per heavy atom. The molecule has 12 nitrogen and oxygen atoms in total. The first-order valence-corrected chi connectivity index (χ1v) is 16.8. The molecule has 2 N–H and O–H groups in total. The number of amides is 1. The van der Waals surface area contributed by atoms with Crippen LogP contribution in [0.1, 0.15) is 30.9 Å². The summed E-state index contributed by atoms with van der Waals surface area (Å²) < 4.78 is 39.3. The lowest BCUT2D eigenvalue weighted by atomic mass is 10.0. The molecule has 4 aliphatic heterocycles. The predicted octanol–water partition coefficient (Wildman–Crippen LogP) is 4.50. The highest BCUT2D eigenvalue weighted by atomic mass is 19.1. The normalized spacial score (nSPS) is 21.0. The molecule has 0 spiro atoms. The Kier molecular flexibility index (Phi) is 9.89. The number of piperazine rings is 1.